The predicted molar refractivity (Wildman–Crippen MR) is 169 cm³/mol. The number of fused-ring (bicyclic) bond motifs is 1. The van der Waals surface area contributed by atoms with Gasteiger partial charge in [-0.3, -0.25) is 14.4 Å². The van der Waals surface area contributed by atoms with Crippen molar-refractivity contribution in [1.82, 2.24) is 14.8 Å². The van der Waals surface area contributed by atoms with Crippen molar-refractivity contribution in [3.05, 3.63) is 132 Å². The zero-order chi connectivity index (χ0) is 30.2. The average Bonchev–Trinajstić information content (AvgIpc) is 3.46. The molecule has 5 aromatic rings. The number of rotatable bonds is 12. The number of aliphatic carboxylic acids is 1. The van der Waals surface area contributed by atoms with Crippen LogP contribution >= 0.6 is 0 Å². The molecule has 0 aliphatic heterocycles. The van der Waals surface area contributed by atoms with E-state index in [9.17, 15) is 19.5 Å². The number of benzene rings is 4. The summed E-state index contributed by atoms with van der Waals surface area (Å²) in [6.07, 6.45) is 2.34. The van der Waals surface area contributed by atoms with Crippen molar-refractivity contribution < 1.29 is 19.5 Å². The minimum atomic E-state index is -0.966. The third-order valence-corrected chi connectivity index (χ3v) is 7.70. The zero-order valence-corrected chi connectivity index (χ0v) is 24.2. The number of nitrogens with zero attached hydrogens (tertiary/aromatic N) is 2. The first-order chi connectivity index (χ1) is 21.0. The van der Waals surface area contributed by atoms with Crippen LogP contribution in [-0.2, 0) is 17.8 Å². The molecule has 1 heterocycles. The molecule has 7 heteroatoms. The number of aromatic nitrogens is 1. The van der Waals surface area contributed by atoms with Crippen LogP contribution in [0.4, 0.5) is 0 Å². The highest BCUT2D eigenvalue weighted by atomic mass is 16.4. The van der Waals surface area contributed by atoms with Gasteiger partial charge in [-0.25, -0.2) is 0 Å². The first-order valence-electron chi connectivity index (χ1n) is 14.5. The fourth-order valence-corrected chi connectivity index (χ4v) is 5.42. The van der Waals surface area contributed by atoms with Crippen LogP contribution in [0.1, 0.15) is 45.2 Å². The van der Waals surface area contributed by atoms with Gasteiger partial charge in [0.2, 0.25) is 0 Å². The first kappa shape index (κ1) is 29.3. The van der Waals surface area contributed by atoms with Crippen LogP contribution in [0.15, 0.2) is 109 Å². The molecule has 7 nitrogen and oxygen atoms in total. The smallest absolute Gasteiger partial charge is 0.305 e. The quantitative estimate of drug-likeness (QED) is 0.175. The van der Waals surface area contributed by atoms with Crippen LogP contribution < -0.4 is 0 Å². The molecule has 5 rings (SSSR count). The Balaban J connectivity index is 1.45. The summed E-state index contributed by atoms with van der Waals surface area (Å²) in [5.74, 6) is -1.35. The van der Waals surface area contributed by atoms with Gasteiger partial charge in [0.05, 0.1) is 6.42 Å². The molecule has 0 spiro atoms. The van der Waals surface area contributed by atoms with Crippen molar-refractivity contribution in [2.75, 3.05) is 19.6 Å². The largest absolute Gasteiger partial charge is 0.481 e. The zero-order valence-electron chi connectivity index (χ0n) is 24.2. The molecule has 0 saturated heterocycles. The van der Waals surface area contributed by atoms with E-state index >= 15 is 0 Å². The number of hydrogen-bond acceptors (Lipinski definition) is 3. The van der Waals surface area contributed by atoms with Crippen molar-refractivity contribution in [2.45, 2.75) is 26.3 Å². The number of carbonyl (C=O) groups is 3. The molecule has 0 aliphatic rings. The molecule has 2 N–H and O–H groups in total. The number of aromatic amines is 1. The SMILES string of the molecule is CCN(Cc1ccccc1)C(=O)c1ccccc1-c1ccccc1C(=O)N(CCC(=O)O)CCc1c[nH]c2ccccc12. The summed E-state index contributed by atoms with van der Waals surface area (Å²) in [7, 11) is 0. The van der Waals surface area contributed by atoms with Crippen molar-refractivity contribution in [2.24, 2.45) is 0 Å². The van der Waals surface area contributed by atoms with Gasteiger partial charge in [0.25, 0.3) is 11.8 Å². The molecule has 43 heavy (non-hydrogen) atoms. The van der Waals surface area contributed by atoms with Crippen molar-refractivity contribution in [3.63, 3.8) is 0 Å². The molecule has 4 aromatic carbocycles. The van der Waals surface area contributed by atoms with Gasteiger partial charge in [0, 0.05) is 54.4 Å². The Hall–Kier alpha value is -5.17. The maximum absolute atomic E-state index is 14.1. The van der Waals surface area contributed by atoms with Gasteiger partial charge in [-0.2, -0.15) is 0 Å². The van der Waals surface area contributed by atoms with E-state index in [-0.39, 0.29) is 24.8 Å². The number of carbonyl (C=O) groups excluding carboxylic acids is 2. The number of carboxylic acid groups (broad SMARTS) is 1. The number of nitrogens with one attached hydrogen (secondary N) is 1. The second-order valence-electron chi connectivity index (χ2n) is 10.4. The molecular formula is C36H35N3O4. The van der Waals surface area contributed by atoms with Gasteiger partial charge in [-0.05, 0) is 53.8 Å². The van der Waals surface area contributed by atoms with Crippen molar-refractivity contribution in [3.8, 4) is 11.1 Å². The Morgan fingerprint density at radius 2 is 1.28 bits per heavy atom. The van der Waals surface area contributed by atoms with Crippen molar-refractivity contribution in [1.29, 1.82) is 0 Å². The predicted octanol–water partition coefficient (Wildman–Crippen LogP) is 6.66. The van der Waals surface area contributed by atoms with Crippen LogP contribution in [0.25, 0.3) is 22.0 Å². The summed E-state index contributed by atoms with van der Waals surface area (Å²) >= 11 is 0. The Morgan fingerprint density at radius 3 is 1.93 bits per heavy atom. The monoisotopic (exact) mass is 573 g/mol. The molecular weight excluding hydrogens is 538 g/mol. The van der Waals surface area contributed by atoms with Gasteiger partial charge >= 0.3 is 5.97 Å². The lowest BCUT2D eigenvalue weighted by Crippen LogP contribution is -2.35. The third-order valence-electron chi connectivity index (χ3n) is 7.70. The molecule has 2 amide bonds. The van der Waals surface area contributed by atoms with Gasteiger partial charge in [0.1, 0.15) is 0 Å². The lowest BCUT2D eigenvalue weighted by atomic mass is 9.93. The van der Waals surface area contributed by atoms with Crippen LogP contribution in [0, 0.1) is 0 Å². The number of para-hydroxylation sites is 1. The molecule has 0 fully saturated rings. The average molecular weight is 574 g/mol. The van der Waals surface area contributed by atoms with E-state index in [4.69, 9.17) is 0 Å². The second kappa shape index (κ2) is 13.7. The Morgan fingerprint density at radius 1 is 0.698 bits per heavy atom. The third kappa shape index (κ3) is 6.84. The van der Waals surface area contributed by atoms with E-state index in [2.05, 4.69) is 4.98 Å². The van der Waals surface area contributed by atoms with E-state index in [0.717, 1.165) is 22.0 Å². The maximum Gasteiger partial charge on any atom is 0.305 e. The number of carboxylic acids is 1. The van der Waals surface area contributed by atoms with Gasteiger partial charge in [0.15, 0.2) is 0 Å². The molecule has 0 saturated carbocycles. The molecule has 218 valence electrons. The number of H-pyrrole nitrogens is 1. The number of amides is 2. The van der Waals surface area contributed by atoms with Gasteiger partial charge < -0.3 is 19.9 Å². The highest BCUT2D eigenvalue weighted by Gasteiger charge is 2.24. The lowest BCUT2D eigenvalue weighted by molar-refractivity contribution is -0.137. The topological polar surface area (TPSA) is 93.7 Å². The first-order valence-corrected chi connectivity index (χ1v) is 14.5. The molecule has 0 atom stereocenters. The fourth-order valence-electron chi connectivity index (χ4n) is 5.42. The second-order valence-corrected chi connectivity index (χ2v) is 10.4. The highest BCUT2D eigenvalue weighted by molar-refractivity contribution is 6.06. The van der Waals surface area contributed by atoms with E-state index in [1.165, 1.54) is 0 Å². The van der Waals surface area contributed by atoms with Crippen LogP contribution in [0.5, 0.6) is 0 Å². The Labute approximate surface area is 251 Å². The van der Waals surface area contributed by atoms with E-state index in [0.29, 0.717) is 48.3 Å². The highest BCUT2D eigenvalue weighted by Crippen LogP contribution is 2.30. The Bertz CT molecular complexity index is 1730. The van der Waals surface area contributed by atoms with Crippen LogP contribution in [-0.4, -0.2) is 57.3 Å². The summed E-state index contributed by atoms with van der Waals surface area (Å²) in [6, 6.07) is 32.4. The molecule has 0 aliphatic carbocycles. The van der Waals surface area contributed by atoms with E-state index in [1.54, 1.807) is 28.0 Å². The van der Waals surface area contributed by atoms with Crippen molar-refractivity contribution >= 4 is 28.7 Å². The van der Waals surface area contributed by atoms with Gasteiger partial charge in [-0.15, -0.1) is 0 Å². The summed E-state index contributed by atoms with van der Waals surface area (Å²) in [6.45, 7) is 3.38. The summed E-state index contributed by atoms with van der Waals surface area (Å²) in [4.78, 5) is 46.2. The molecule has 0 radical (unpaired) electrons. The normalized spacial score (nSPS) is 10.9. The molecule has 0 bridgehead atoms. The van der Waals surface area contributed by atoms with Crippen LogP contribution in [0.2, 0.25) is 0 Å². The summed E-state index contributed by atoms with van der Waals surface area (Å²) in [5, 5.41) is 10.5. The summed E-state index contributed by atoms with van der Waals surface area (Å²) < 4.78 is 0. The lowest BCUT2D eigenvalue weighted by Gasteiger charge is -2.25. The van der Waals surface area contributed by atoms with Crippen LogP contribution in [0.3, 0.4) is 0 Å². The number of hydrogen-bond donors (Lipinski definition) is 2. The fraction of sp³-hybridized carbons (Fsp3) is 0.194. The van der Waals surface area contributed by atoms with E-state index in [1.807, 2.05) is 98.0 Å². The molecule has 1 aromatic heterocycles. The minimum Gasteiger partial charge on any atom is -0.481 e. The van der Waals surface area contributed by atoms with Gasteiger partial charge in [-0.1, -0.05) is 84.9 Å². The summed E-state index contributed by atoms with van der Waals surface area (Å²) in [5.41, 5.74) is 5.36. The Kier molecular flexibility index (Phi) is 9.32. The standard InChI is InChI=1S/C36H35N3O4/c1-2-38(25-26-12-4-3-5-13-26)35(42)31-17-8-6-15-29(31)30-16-7-9-18-32(30)36(43)39(23-21-34(40)41)22-20-27-24-37-33-19-11-10-14-28(27)33/h3-19,24,37H,2,20-23,25H2,1H3,(H,40,41). The molecule has 0 unspecified atom stereocenters. The minimum absolute atomic E-state index is 0.0755. The maximum atomic E-state index is 14.1. The van der Waals surface area contributed by atoms with E-state index < -0.39 is 5.97 Å².